The number of nitrogens with zero attached hydrogens (tertiary/aromatic N) is 3. The minimum atomic E-state index is -4.51. The van der Waals surface area contributed by atoms with Crippen molar-refractivity contribution >= 4 is 15.8 Å². The molecule has 1 aliphatic heterocycles. The van der Waals surface area contributed by atoms with Crippen LogP contribution in [0.1, 0.15) is 24.0 Å². The lowest BCUT2D eigenvalue weighted by Gasteiger charge is -2.33. The van der Waals surface area contributed by atoms with Crippen molar-refractivity contribution in [3.63, 3.8) is 0 Å². The van der Waals surface area contributed by atoms with Crippen LogP contribution in [0.2, 0.25) is 0 Å². The Kier molecular flexibility index (Phi) is 6.10. The summed E-state index contributed by atoms with van der Waals surface area (Å²) in [6, 6.07) is 8.94. The molecule has 1 aromatic carbocycles. The number of halogens is 3. The van der Waals surface area contributed by atoms with Gasteiger partial charge in [-0.1, -0.05) is 0 Å². The average molecular weight is 424 g/mol. The Morgan fingerprint density at radius 2 is 1.83 bits per heavy atom. The number of hydrogen-bond acceptors (Lipinski definition) is 5. The number of pyridine rings is 1. The summed E-state index contributed by atoms with van der Waals surface area (Å²) in [6.45, 7) is 1.47. The van der Waals surface area contributed by atoms with Crippen molar-refractivity contribution in [1.29, 1.82) is 5.26 Å². The summed E-state index contributed by atoms with van der Waals surface area (Å²) in [5, 5.41) is 9.19. The summed E-state index contributed by atoms with van der Waals surface area (Å²) in [7, 11) is -3.88. The van der Waals surface area contributed by atoms with E-state index in [0.717, 1.165) is 24.3 Å². The van der Waals surface area contributed by atoms with E-state index in [4.69, 9.17) is 0 Å². The van der Waals surface area contributed by atoms with Gasteiger partial charge in [0.25, 0.3) is 0 Å². The Morgan fingerprint density at radius 1 is 1.17 bits per heavy atom. The van der Waals surface area contributed by atoms with Gasteiger partial charge in [0.15, 0.2) is 0 Å². The van der Waals surface area contributed by atoms with Gasteiger partial charge in [0, 0.05) is 25.8 Å². The second-order valence-corrected chi connectivity index (χ2v) is 8.56. The maximum absolute atomic E-state index is 12.6. The predicted molar refractivity (Wildman–Crippen MR) is 101 cm³/mol. The minimum absolute atomic E-state index is 0.0877. The number of benzene rings is 1. The van der Waals surface area contributed by atoms with E-state index in [1.165, 1.54) is 0 Å². The molecule has 0 spiro atoms. The molecule has 0 radical (unpaired) electrons. The van der Waals surface area contributed by atoms with Crippen LogP contribution in [0.3, 0.4) is 0 Å². The first-order chi connectivity index (χ1) is 13.7. The number of piperidine rings is 1. The number of anilines is 1. The fourth-order valence-electron chi connectivity index (χ4n) is 3.22. The molecule has 6 nitrogen and oxygen atoms in total. The zero-order chi connectivity index (χ0) is 21.1. The number of sulfonamides is 1. The van der Waals surface area contributed by atoms with Crippen LogP contribution >= 0.6 is 0 Å². The third-order valence-corrected chi connectivity index (χ3v) is 6.31. The topological polar surface area (TPSA) is 86.1 Å². The molecule has 0 aliphatic carbocycles. The molecule has 0 amide bonds. The molecule has 0 bridgehead atoms. The SMILES string of the molecule is N#Cc1cccnc1N1CCC(CNS(=O)(=O)c2ccc(C(F)(F)F)cc2)CC1. The molecule has 1 aliphatic rings. The lowest BCUT2D eigenvalue weighted by Crippen LogP contribution is -2.39. The highest BCUT2D eigenvalue weighted by Crippen LogP contribution is 2.30. The second-order valence-electron chi connectivity index (χ2n) is 6.79. The van der Waals surface area contributed by atoms with Crippen LogP contribution < -0.4 is 9.62 Å². The molecule has 10 heteroatoms. The van der Waals surface area contributed by atoms with E-state index in [9.17, 15) is 26.9 Å². The predicted octanol–water partition coefficient (Wildman–Crippen LogP) is 3.17. The van der Waals surface area contributed by atoms with E-state index in [-0.39, 0.29) is 17.4 Å². The third kappa shape index (κ3) is 5.05. The van der Waals surface area contributed by atoms with Crippen molar-refractivity contribution in [3.05, 3.63) is 53.7 Å². The van der Waals surface area contributed by atoms with E-state index < -0.39 is 21.8 Å². The monoisotopic (exact) mass is 424 g/mol. The third-order valence-electron chi connectivity index (χ3n) is 4.88. The van der Waals surface area contributed by atoms with Gasteiger partial charge in [0.1, 0.15) is 11.9 Å². The largest absolute Gasteiger partial charge is 0.416 e. The molecular weight excluding hydrogens is 405 g/mol. The van der Waals surface area contributed by atoms with E-state index in [1.54, 1.807) is 18.3 Å². The van der Waals surface area contributed by atoms with Crippen LogP contribution in [0.5, 0.6) is 0 Å². The van der Waals surface area contributed by atoms with Crippen LogP contribution in [0, 0.1) is 17.2 Å². The molecule has 1 fully saturated rings. The quantitative estimate of drug-likeness (QED) is 0.797. The standard InChI is InChI=1S/C19H19F3N4O2S/c20-19(21,22)16-3-5-17(6-4-16)29(27,28)25-13-14-7-10-26(11-8-14)18-15(12-23)2-1-9-24-18/h1-6,9,14,25H,7-8,10-11,13H2. The Labute approximate surface area is 167 Å². The lowest BCUT2D eigenvalue weighted by atomic mass is 9.97. The first-order valence-corrected chi connectivity index (χ1v) is 10.5. The zero-order valence-electron chi connectivity index (χ0n) is 15.4. The van der Waals surface area contributed by atoms with Gasteiger partial charge in [0.2, 0.25) is 10.0 Å². The van der Waals surface area contributed by atoms with Crippen LogP contribution in [-0.4, -0.2) is 33.0 Å². The van der Waals surface area contributed by atoms with Gasteiger partial charge in [-0.05, 0) is 55.2 Å². The molecular formula is C19H19F3N4O2S. The van der Waals surface area contributed by atoms with Crippen molar-refractivity contribution in [2.24, 2.45) is 5.92 Å². The Hall–Kier alpha value is -2.64. The molecule has 0 saturated carbocycles. The minimum Gasteiger partial charge on any atom is -0.356 e. The molecule has 3 rings (SSSR count). The summed E-state index contributed by atoms with van der Waals surface area (Å²) in [5.74, 6) is 0.712. The van der Waals surface area contributed by atoms with Crippen molar-refractivity contribution in [3.8, 4) is 6.07 Å². The highest BCUT2D eigenvalue weighted by atomic mass is 32.2. The normalized spacial score (nSPS) is 15.9. The molecule has 2 aromatic rings. The number of alkyl halides is 3. The highest BCUT2D eigenvalue weighted by Gasteiger charge is 2.31. The van der Waals surface area contributed by atoms with Crippen LogP contribution in [0.4, 0.5) is 19.0 Å². The maximum Gasteiger partial charge on any atom is 0.416 e. The molecule has 0 atom stereocenters. The van der Waals surface area contributed by atoms with Crippen molar-refractivity contribution in [1.82, 2.24) is 9.71 Å². The zero-order valence-corrected chi connectivity index (χ0v) is 16.2. The average Bonchev–Trinajstić information content (AvgIpc) is 2.72. The van der Waals surface area contributed by atoms with E-state index in [1.807, 2.05) is 4.90 Å². The summed E-state index contributed by atoms with van der Waals surface area (Å²) in [5.41, 5.74) is -0.399. The number of nitriles is 1. The molecule has 0 unspecified atom stereocenters. The van der Waals surface area contributed by atoms with Crippen LogP contribution in [0.15, 0.2) is 47.5 Å². The number of aromatic nitrogens is 1. The van der Waals surface area contributed by atoms with Gasteiger partial charge in [-0.25, -0.2) is 18.1 Å². The maximum atomic E-state index is 12.6. The van der Waals surface area contributed by atoms with E-state index in [0.29, 0.717) is 37.3 Å². The van der Waals surface area contributed by atoms with E-state index in [2.05, 4.69) is 15.8 Å². The van der Waals surface area contributed by atoms with E-state index >= 15 is 0 Å². The Morgan fingerprint density at radius 3 is 2.41 bits per heavy atom. The first-order valence-electron chi connectivity index (χ1n) is 8.98. The fraction of sp³-hybridized carbons (Fsp3) is 0.368. The van der Waals surface area contributed by atoms with Gasteiger partial charge in [-0.3, -0.25) is 0 Å². The summed E-state index contributed by atoms with van der Waals surface area (Å²) in [6.07, 6.45) is -1.48. The first kappa shape index (κ1) is 21.1. The number of rotatable bonds is 5. The summed E-state index contributed by atoms with van der Waals surface area (Å²) >= 11 is 0. The summed E-state index contributed by atoms with van der Waals surface area (Å²) < 4.78 is 65.1. The molecule has 154 valence electrons. The van der Waals surface area contributed by atoms with Gasteiger partial charge in [-0.2, -0.15) is 18.4 Å². The van der Waals surface area contributed by atoms with Gasteiger partial charge >= 0.3 is 6.18 Å². The molecule has 1 saturated heterocycles. The summed E-state index contributed by atoms with van der Waals surface area (Å²) in [4.78, 5) is 6.06. The molecule has 1 aromatic heterocycles. The fourth-order valence-corrected chi connectivity index (χ4v) is 4.34. The highest BCUT2D eigenvalue weighted by molar-refractivity contribution is 7.89. The lowest BCUT2D eigenvalue weighted by molar-refractivity contribution is -0.137. The van der Waals surface area contributed by atoms with Gasteiger partial charge in [-0.15, -0.1) is 0 Å². The van der Waals surface area contributed by atoms with Gasteiger partial charge < -0.3 is 4.90 Å². The Balaban J connectivity index is 1.56. The van der Waals surface area contributed by atoms with Crippen LogP contribution in [0.25, 0.3) is 0 Å². The number of nitrogens with one attached hydrogen (secondary N) is 1. The van der Waals surface area contributed by atoms with Crippen molar-refractivity contribution in [2.75, 3.05) is 24.5 Å². The van der Waals surface area contributed by atoms with Crippen LogP contribution in [-0.2, 0) is 16.2 Å². The Bertz CT molecular complexity index is 993. The van der Waals surface area contributed by atoms with Crippen molar-refractivity contribution < 1.29 is 21.6 Å². The second kappa shape index (κ2) is 8.39. The number of hydrogen-bond donors (Lipinski definition) is 1. The van der Waals surface area contributed by atoms with Gasteiger partial charge in [0.05, 0.1) is 16.0 Å². The van der Waals surface area contributed by atoms with Crippen molar-refractivity contribution in [2.45, 2.75) is 23.9 Å². The molecule has 29 heavy (non-hydrogen) atoms. The molecule has 2 heterocycles. The smallest absolute Gasteiger partial charge is 0.356 e. The molecule has 1 N–H and O–H groups in total.